The standard InChI is InChI=1S/C10H15FN6O4/c1-6(17-3-2-7(12)15-9(17)20)21-10(5-18,8(11)19)4-14-16-13/h2-3,6,8,18-19H,4-5H2,1H3,(H2,12,15,20)/t6-,8-,10-/m1/s1. The molecule has 1 aromatic rings. The molecular formula is C10H15FN6O4. The van der Waals surface area contributed by atoms with Gasteiger partial charge in [-0.2, -0.15) is 4.98 Å². The van der Waals surface area contributed by atoms with E-state index in [0.717, 1.165) is 4.57 Å². The number of hydrogen-bond donors (Lipinski definition) is 3. The lowest BCUT2D eigenvalue weighted by atomic mass is 10.1. The van der Waals surface area contributed by atoms with Gasteiger partial charge in [-0.05, 0) is 18.5 Å². The molecule has 0 bridgehead atoms. The summed E-state index contributed by atoms with van der Waals surface area (Å²) in [6, 6.07) is 1.32. The molecule has 0 aromatic carbocycles. The van der Waals surface area contributed by atoms with Gasteiger partial charge in [-0.25, -0.2) is 9.18 Å². The van der Waals surface area contributed by atoms with Crippen LogP contribution in [0.4, 0.5) is 10.2 Å². The Balaban J connectivity index is 3.07. The van der Waals surface area contributed by atoms with Crippen molar-refractivity contribution in [2.75, 3.05) is 18.9 Å². The number of hydrogen-bond acceptors (Lipinski definition) is 7. The number of alkyl halides is 1. The smallest absolute Gasteiger partial charge is 0.351 e. The zero-order chi connectivity index (χ0) is 16.0. The Morgan fingerprint density at radius 3 is 2.90 bits per heavy atom. The van der Waals surface area contributed by atoms with Gasteiger partial charge in [0.05, 0.1) is 13.2 Å². The van der Waals surface area contributed by atoms with Crippen LogP contribution in [0.5, 0.6) is 0 Å². The molecular weight excluding hydrogens is 287 g/mol. The molecule has 21 heavy (non-hydrogen) atoms. The van der Waals surface area contributed by atoms with E-state index in [4.69, 9.17) is 21.1 Å². The molecule has 0 saturated heterocycles. The molecule has 0 aliphatic carbocycles. The normalized spacial score (nSPS) is 16.6. The fourth-order valence-corrected chi connectivity index (χ4v) is 1.58. The molecule has 1 aromatic heterocycles. The Bertz CT molecular complexity index is 587. The van der Waals surface area contributed by atoms with Gasteiger partial charge < -0.3 is 20.7 Å². The number of nitrogen functional groups attached to an aromatic ring is 1. The van der Waals surface area contributed by atoms with Crippen LogP contribution in [0, 0.1) is 0 Å². The molecule has 1 heterocycles. The minimum atomic E-state index is -2.63. The zero-order valence-electron chi connectivity index (χ0n) is 11.1. The topological polar surface area (TPSA) is 159 Å². The fraction of sp³-hybridized carbons (Fsp3) is 0.600. The highest BCUT2D eigenvalue weighted by molar-refractivity contribution is 5.23. The molecule has 0 spiro atoms. The summed E-state index contributed by atoms with van der Waals surface area (Å²) in [6.07, 6.45) is -2.47. The molecule has 0 aliphatic heterocycles. The van der Waals surface area contributed by atoms with Crippen molar-refractivity contribution in [3.63, 3.8) is 0 Å². The van der Waals surface area contributed by atoms with Crippen LogP contribution in [0.2, 0.25) is 0 Å². The van der Waals surface area contributed by atoms with Gasteiger partial charge in [0.1, 0.15) is 12.0 Å². The van der Waals surface area contributed by atoms with Gasteiger partial charge in [-0.1, -0.05) is 5.11 Å². The Morgan fingerprint density at radius 2 is 2.43 bits per heavy atom. The van der Waals surface area contributed by atoms with Crippen molar-refractivity contribution in [3.05, 3.63) is 33.2 Å². The van der Waals surface area contributed by atoms with Crippen molar-refractivity contribution >= 4 is 5.82 Å². The first kappa shape index (κ1) is 16.9. The Labute approximate surface area is 118 Å². The highest BCUT2D eigenvalue weighted by atomic mass is 19.1. The average molecular weight is 302 g/mol. The minimum absolute atomic E-state index is 0.00326. The van der Waals surface area contributed by atoms with Gasteiger partial charge in [-0.15, -0.1) is 0 Å². The summed E-state index contributed by atoms with van der Waals surface area (Å²) in [5.41, 5.74) is 10.7. The zero-order valence-corrected chi connectivity index (χ0v) is 11.1. The second-order valence-corrected chi connectivity index (χ2v) is 4.21. The van der Waals surface area contributed by atoms with Crippen LogP contribution < -0.4 is 11.4 Å². The monoisotopic (exact) mass is 302 g/mol. The van der Waals surface area contributed by atoms with Crippen LogP contribution in [-0.4, -0.2) is 44.9 Å². The molecule has 0 radical (unpaired) electrons. The summed E-state index contributed by atoms with van der Waals surface area (Å²) in [5.74, 6) is -0.00326. The van der Waals surface area contributed by atoms with Gasteiger partial charge in [-0.3, -0.25) is 4.57 Å². The van der Waals surface area contributed by atoms with Crippen LogP contribution in [0.3, 0.4) is 0 Å². The molecule has 0 saturated carbocycles. The maximum atomic E-state index is 13.3. The van der Waals surface area contributed by atoms with Crippen molar-refractivity contribution in [1.82, 2.24) is 9.55 Å². The molecule has 4 N–H and O–H groups in total. The van der Waals surface area contributed by atoms with Crippen molar-refractivity contribution in [1.29, 1.82) is 0 Å². The average Bonchev–Trinajstić information content (AvgIpc) is 2.42. The van der Waals surface area contributed by atoms with E-state index in [2.05, 4.69) is 15.0 Å². The summed E-state index contributed by atoms with van der Waals surface area (Å²) in [4.78, 5) is 17.5. The number of ether oxygens (including phenoxy) is 1. The third-order valence-corrected chi connectivity index (χ3v) is 2.75. The van der Waals surface area contributed by atoms with Crippen LogP contribution in [0.15, 0.2) is 22.2 Å². The Kier molecular flexibility index (Phi) is 5.61. The maximum Gasteiger partial charge on any atom is 0.351 e. The minimum Gasteiger partial charge on any atom is -0.393 e. The second-order valence-electron chi connectivity index (χ2n) is 4.21. The van der Waals surface area contributed by atoms with Gasteiger partial charge in [0.15, 0.2) is 5.60 Å². The lowest BCUT2D eigenvalue weighted by Gasteiger charge is -2.34. The van der Waals surface area contributed by atoms with E-state index >= 15 is 0 Å². The van der Waals surface area contributed by atoms with E-state index in [0.29, 0.717) is 0 Å². The van der Waals surface area contributed by atoms with Gasteiger partial charge in [0.2, 0.25) is 6.36 Å². The van der Waals surface area contributed by atoms with E-state index in [1.165, 1.54) is 19.2 Å². The van der Waals surface area contributed by atoms with Crippen molar-refractivity contribution in [2.45, 2.75) is 25.1 Å². The van der Waals surface area contributed by atoms with E-state index in [9.17, 15) is 14.3 Å². The highest BCUT2D eigenvalue weighted by Crippen LogP contribution is 2.24. The van der Waals surface area contributed by atoms with E-state index in [1.54, 1.807) is 0 Å². The lowest BCUT2D eigenvalue weighted by molar-refractivity contribution is -0.221. The highest BCUT2D eigenvalue weighted by Gasteiger charge is 2.41. The number of aliphatic hydroxyl groups is 2. The predicted molar refractivity (Wildman–Crippen MR) is 69.7 cm³/mol. The van der Waals surface area contributed by atoms with Crippen molar-refractivity contribution in [3.8, 4) is 0 Å². The van der Waals surface area contributed by atoms with Gasteiger partial charge in [0, 0.05) is 11.1 Å². The molecule has 10 nitrogen and oxygen atoms in total. The molecule has 1 rings (SSSR count). The summed E-state index contributed by atoms with van der Waals surface area (Å²) in [7, 11) is 0. The summed E-state index contributed by atoms with van der Waals surface area (Å²) >= 11 is 0. The SMILES string of the molecule is C[C@@H](O[C@@](CO)(CN=[N+]=[N-])[C@@H](O)F)n1ccc(N)nc1=O. The summed E-state index contributed by atoms with van der Waals surface area (Å²) in [5, 5.41) is 21.5. The number of nitrogens with two attached hydrogens (primary N) is 1. The van der Waals surface area contributed by atoms with Crippen LogP contribution >= 0.6 is 0 Å². The number of rotatable bonds is 7. The van der Waals surface area contributed by atoms with Crippen LogP contribution in [0.25, 0.3) is 10.4 Å². The van der Waals surface area contributed by atoms with Crippen LogP contribution in [0.1, 0.15) is 13.2 Å². The summed E-state index contributed by atoms with van der Waals surface area (Å²) in [6.45, 7) is -0.271. The van der Waals surface area contributed by atoms with Gasteiger partial charge >= 0.3 is 5.69 Å². The van der Waals surface area contributed by atoms with E-state index in [-0.39, 0.29) is 5.82 Å². The van der Waals surface area contributed by atoms with E-state index in [1.807, 2.05) is 0 Å². The molecule has 0 amide bonds. The fourth-order valence-electron chi connectivity index (χ4n) is 1.58. The second kappa shape index (κ2) is 6.99. The molecule has 0 fully saturated rings. The first-order valence-corrected chi connectivity index (χ1v) is 5.82. The van der Waals surface area contributed by atoms with E-state index < -0.39 is 37.0 Å². The number of anilines is 1. The molecule has 116 valence electrons. The number of nitrogens with zero attached hydrogens (tertiary/aromatic N) is 5. The number of aliphatic hydroxyl groups excluding tert-OH is 2. The quantitative estimate of drug-likeness (QED) is 0.356. The predicted octanol–water partition coefficient (Wildman–Crippen LogP) is -0.310. The number of halogens is 1. The first-order chi connectivity index (χ1) is 9.86. The van der Waals surface area contributed by atoms with Crippen molar-refractivity contribution < 1.29 is 19.3 Å². The molecule has 11 heteroatoms. The van der Waals surface area contributed by atoms with Crippen molar-refractivity contribution in [2.24, 2.45) is 5.11 Å². The number of aromatic nitrogens is 2. The Morgan fingerprint density at radius 1 is 1.76 bits per heavy atom. The van der Waals surface area contributed by atoms with Crippen LogP contribution in [-0.2, 0) is 4.74 Å². The maximum absolute atomic E-state index is 13.3. The summed E-state index contributed by atoms with van der Waals surface area (Å²) < 4.78 is 19.5. The lowest BCUT2D eigenvalue weighted by Crippen LogP contribution is -2.50. The molecule has 0 unspecified atom stereocenters. The first-order valence-electron chi connectivity index (χ1n) is 5.82. The Hall–Kier alpha value is -2.20. The third-order valence-electron chi connectivity index (χ3n) is 2.75. The molecule has 3 atom stereocenters. The largest absolute Gasteiger partial charge is 0.393 e. The number of azide groups is 1. The third kappa shape index (κ3) is 3.89. The molecule has 0 aliphatic rings. The van der Waals surface area contributed by atoms with Gasteiger partial charge in [0.25, 0.3) is 0 Å².